The van der Waals surface area contributed by atoms with E-state index in [0.29, 0.717) is 9.34 Å². The molecule has 0 aromatic rings. The lowest BCUT2D eigenvalue weighted by atomic mass is 11.1. The van der Waals surface area contributed by atoms with Gasteiger partial charge in [-0.1, -0.05) is 0 Å². The summed E-state index contributed by atoms with van der Waals surface area (Å²) in [4.78, 5) is 0. The zero-order chi connectivity index (χ0) is 5.86. The predicted octanol–water partition coefficient (Wildman–Crippen LogP) is 2.74. The Morgan fingerprint density at radius 3 is 1.43 bits per heavy atom. The van der Waals surface area contributed by atoms with Gasteiger partial charge in [-0.05, 0) is 45.0 Å². The fraction of sp³-hybridized carbons (Fsp3) is 0. The lowest BCUT2D eigenvalue weighted by molar-refractivity contribution is 0.384. The lowest BCUT2D eigenvalue weighted by Gasteiger charge is -1.95. The van der Waals surface area contributed by atoms with E-state index in [1.807, 2.05) is 0 Å². The molecular weight excluding hydrogens is 224 g/mol. The van der Waals surface area contributed by atoms with E-state index in [2.05, 4.69) is 45.0 Å². The Labute approximate surface area is 59.3 Å². The van der Waals surface area contributed by atoms with Crippen molar-refractivity contribution in [3.63, 3.8) is 0 Å². The van der Waals surface area contributed by atoms with Gasteiger partial charge in [0, 0.05) is 0 Å². The Hall–Kier alpha value is 0.240. The van der Waals surface area contributed by atoms with Crippen LogP contribution in [-0.2, 0) is 4.74 Å². The number of hydrogen-bond donors (Lipinski definition) is 0. The van der Waals surface area contributed by atoms with Gasteiger partial charge in [-0.3, -0.25) is 0 Å². The minimum atomic E-state index is 0.453. The molecule has 0 aliphatic carbocycles. The van der Waals surface area contributed by atoms with E-state index in [0.717, 1.165) is 0 Å². The molecule has 0 aromatic heterocycles. The molecule has 0 spiro atoms. The average molecular weight is 228 g/mol. The lowest BCUT2D eigenvalue weighted by Crippen LogP contribution is -1.72. The van der Waals surface area contributed by atoms with Crippen LogP contribution in [0.3, 0.4) is 0 Å². The highest BCUT2D eigenvalue weighted by Crippen LogP contribution is 2.12. The molecule has 0 unspecified atom stereocenters. The van der Waals surface area contributed by atoms with E-state index in [1.54, 1.807) is 0 Å². The minimum Gasteiger partial charge on any atom is -0.444 e. The Balaban J connectivity index is 3.32. The van der Waals surface area contributed by atoms with Gasteiger partial charge >= 0.3 is 0 Å². The third kappa shape index (κ3) is 6.24. The van der Waals surface area contributed by atoms with Gasteiger partial charge in [0.05, 0.1) is 0 Å². The van der Waals surface area contributed by atoms with Crippen molar-refractivity contribution in [3.8, 4) is 0 Å². The molecule has 0 N–H and O–H groups in total. The SMILES string of the molecule is C=C(Br)OC(=C)Br. The molecule has 0 radical (unpaired) electrons. The zero-order valence-corrected chi connectivity index (χ0v) is 6.75. The average Bonchev–Trinajstić information content (AvgIpc) is 1.27. The van der Waals surface area contributed by atoms with Gasteiger partial charge in [0.15, 0.2) is 9.34 Å². The van der Waals surface area contributed by atoms with Crippen molar-refractivity contribution in [2.75, 3.05) is 0 Å². The molecule has 1 nitrogen and oxygen atoms in total. The fourth-order valence-electron chi connectivity index (χ4n) is 0.120. The summed E-state index contributed by atoms with van der Waals surface area (Å²) in [6, 6.07) is 0. The first-order chi connectivity index (χ1) is 3.13. The molecule has 0 aromatic carbocycles. The standard InChI is InChI=1S/C4H4Br2O/c1-3(5)7-4(2)6/h1-2H2. The zero-order valence-electron chi connectivity index (χ0n) is 3.58. The molecule has 0 saturated heterocycles. The van der Waals surface area contributed by atoms with Gasteiger partial charge in [-0.25, -0.2) is 0 Å². The number of ether oxygens (including phenoxy) is 1. The van der Waals surface area contributed by atoms with Crippen molar-refractivity contribution in [2.45, 2.75) is 0 Å². The van der Waals surface area contributed by atoms with Crippen LogP contribution in [0.4, 0.5) is 0 Å². The summed E-state index contributed by atoms with van der Waals surface area (Å²) in [7, 11) is 0. The van der Waals surface area contributed by atoms with E-state index in [9.17, 15) is 0 Å². The van der Waals surface area contributed by atoms with Gasteiger partial charge in [-0.2, -0.15) is 0 Å². The quantitative estimate of drug-likeness (QED) is 0.660. The van der Waals surface area contributed by atoms with E-state index in [-0.39, 0.29) is 0 Å². The first-order valence-corrected chi connectivity index (χ1v) is 3.08. The highest BCUT2D eigenvalue weighted by Gasteiger charge is 1.85. The molecule has 7 heavy (non-hydrogen) atoms. The summed E-state index contributed by atoms with van der Waals surface area (Å²) >= 11 is 5.93. The van der Waals surface area contributed by atoms with Crippen LogP contribution in [0.2, 0.25) is 0 Å². The van der Waals surface area contributed by atoms with Crippen molar-refractivity contribution >= 4 is 31.9 Å². The van der Waals surface area contributed by atoms with Crippen LogP contribution in [0, 0.1) is 0 Å². The van der Waals surface area contributed by atoms with Crippen LogP contribution in [-0.4, -0.2) is 0 Å². The molecule has 0 rings (SSSR count). The second-order valence-corrected chi connectivity index (χ2v) is 2.58. The van der Waals surface area contributed by atoms with E-state index in [1.165, 1.54) is 0 Å². The van der Waals surface area contributed by atoms with Crippen LogP contribution in [0.15, 0.2) is 22.5 Å². The van der Waals surface area contributed by atoms with E-state index in [4.69, 9.17) is 4.74 Å². The summed E-state index contributed by atoms with van der Waals surface area (Å²) < 4.78 is 5.60. The topological polar surface area (TPSA) is 9.23 Å². The summed E-state index contributed by atoms with van der Waals surface area (Å²) in [6.07, 6.45) is 0. The van der Waals surface area contributed by atoms with Crippen LogP contribution in [0.5, 0.6) is 0 Å². The fourth-order valence-corrected chi connectivity index (χ4v) is 0.728. The predicted molar refractivity (Wildman–Crippen MR) is 37.2 cm³/mol. The smallest absolute Gasteiger partial charge is 0.163 e. The molecular formula is C4H4Br2O. The maximum absolute atomic E-state index is 4.69. The molecule has 0 aliphatic rings. The van der Waals surface area contributed by atoms with E-state index < -0.39 is 0 Å². The normalized spacial score (nSPS) is 7.71. The summed E-state index contributed by atoms with van der Waals surface area (Å²) in [5, 5.41) is 0. The third-order valence-corrected chi connectivity index (χ3v) is 0.545. The molecule has 0 fully saturated rings. The second-order valence-electron chi connectivity index (χ2n) is 0.812. The number of rotatable bonds is 2. The minimum absolute atomic E-state index is 0.453. The van der Waals surface area contributed by atoms with Crippen molar-refractivity contribution in [1.29, 1.82) is 0 Å². The summed E-state index contributed by atoms with van der Waals surface area (Å²) in [5.41, 5.74) is 0. The molecule has 0 amide bonds. The van der Waals surface area contributed by atoms with Crippen LogP contribution < -0.4 is 0 Å². The van der Waals surface area contributed by atoms with Gasteiger partial charge in [0.2, 0.25) is 0 Å². The van der Waals surface area contributed by atoms with E-state index >= 15 is 0 Å². The maximum Gasteiger partial charge on any atom is 0.163 e. The highest BCUT2D eigenvalue weighted by molar-refractivity contribution is 9.12. The largest absolute Gasteiger partial charge is 0.444 e. The van der Waals surface area contributed by atoms with Gasteiger partial charge in [0.1, 0.15) is 0 Å². The Bertz CT molecular complexity index is 85.9. The third-order valence-electron chi connectivity index (χ3n) is 0.221. The Morgan fingerprint density at radius 2 is 1.43 bits per heavy atom. The van der Waals surface area contributed by atoms with Gasteiger partial charge < -0.3 is 4.74 Å². The van der Waals surface area contributed by atoms with Crippen LogP contribution in [0.25, 0.3) is 0 Å². The second kappa shape index (κ2) is 3.27. The summed E-state index contributed by atoms with van der Waals surface area (Å²) in [5.74, 6) is 0. The van der Waals surface area contributed by atoms with Crippen molar-refractivity contribution in [3.05, 3.63) is 22.5 Å². The number of hydrogen-bond acceptors (Lipinski definition) is 1. The van der Waals surface area contributed by atoms with Gasteiger partial charge in [0.25, 0.3) is 0 Å². The van der Waals surface area contributed by atoms with Crippen LogP contribution >= 0.6 is 31.9 Å². The first kappa shape index (κ1) is 7.24. The molecule has 0 aliphatic heterocycles. The number of halogens is 2. The molecule has 0 atom stereocenters. The highest BCUT2D eigenvalue weighted by atomic mass is 79.9. The molecule has 3 heteroatoms. The first-order valence-electron chi connectivity index (χ1n) is 1.49. The maximum atomic E-state index is 4.69. The Morgan fingerprint density at radius 1 is 1.14 bits per heavy atom. The van der Waals surface area contributed by atoms with Crippen molar-refractivity contribution in [2.24, 2.45) is 0 Å². The van der Waals surface area contributed by atoms with Crippen LogP contribution in [0.1, 0.15) is 0 Å². The molecule has 40 valence electrons. The van der Waals surface area contributed by atoms with Crippen molar-refractivity contribution < 1.29 is 4.74 Å². The molecule has 0 saturated carbocycles. The molecule has 0 heterocycles. The Kier molecular flexibility index (Phi) is 3.38. The molecule has 0 bridgehead atoms. The van der Waals surface area contributed by atoms with Crippen molar-refractivity contribution in [1.82, 2.24) is 0 Å². The summed E-state index contributed by atoms with van der Waals surface area (Å²) in [6.45, 7) is 6.80. The monoisotopic (exact) mass is 226 g/mol. The van der Waals surface area contributed by atoms with Gasteiger partial charge in [-0.15, -0.1) is 0 Å².